The highest BCUT2D eigenvalue weighted by Gasteiger charge is 2.29. The molecule has 1 aliphatic rings. The van der Waals surface area contributed by atoms with E-state index in [9.17, 15) is 13.2 Å². The molecule has 3 rings (SSSR count). The number of hydrogen-bond acceptors (Lipinski definition) is 4. The molecule has 0 spiro atoms. The number of ether oxygens (including phenoxy) is 1. The standard InChI is InChI=1S/C23H29ClN2O4S/c1-17(19-10-6-7-11-21(19)30-3)25(2)23(27)18-12-13-20(24)22(16-18)31(28,29)26-14-8-4-5-9-15-26/h6-7,10-13,16-17H,4-5,8-9,14-15H2,1-3H3/t17-/m0/s1. The van der Waals surface area contributed by atoms with E-state index in [-0.39, 0.29) is 27.4 Å². The van der Waals surface area contributed by atoms with Crippen LogP contribution in [-0.4, -0.2) is 50.8 Å². The first-order valence-corrected chi connectivity index (χ1v) is 12.3. The van der Waals surface area contributed by atoms with Crippen LogP contribution >= 0.6 is 11.6 Å². The summed E-state index contributed by atoms with van der Waals surface area (Å²) in [5.74, 6) is 0.401. The Hall–Kier alpha value is -2.09. The van der Waals surface area contributed by atoms with E-state index in [1.54, 1.807) is 25.1 Å². The van der Waals surface area contributed by atoms with Crippen molar-refractivity contribution in [1.82, 2.24) is 9.21 Å². The zero-order valence-corrected chi connectivity index (χ0v) is 19.7. The fourth-order valence-corrected chi connectivity index (χ4v) is 5.87. The monoisotopic (exact) mass is 464 g/mol. The highest BCUT2D eigenvalue weighted by molar-refractivity contribution is 7.89. The molecular formula is C23H29ClN2O4S. The molecule has 1 amide bonds. The fraction of sp³-hybridized carbons (Fsp3) is 0.435. The zero-order chi connectivity index (χ0) is 22.6. The molecule has 8 heteroatoms. The van der Waals surface area contributed by atoms with Gasteiger partial charge in [-0.25, -0.2) is 8.42 Å². The van der Waals surface area contributed by atoms with Gasteiger partial charge in [0, 0.05) is 31.3 Å². The Morgan fingerprint density at radius 1 is 1.10 bits per heavy atom. The summed E-state index contributed by atoms with van der Waals surface area (Å²) in [5, 5.41) is 0.126. The van der Waals surface area contributed by atoms with Crippen LogP contribution in [0.25, 0.3) is 0 Å². The van der Waals surface area contributed by atoms with E-state index in [1.165, 1.54) is 16.4 Å². The molecule has 2 aromatic rings. The highest BCUT2D eigenvalue weighted by atomic mass is 35.5. The first-order chi connectivity index (χ1) is 14.8. The Morgan fingerprint density at radius 2 is 1.74 bits per heavy atom. The Bertz CT molecular complexity index is 1030. The molecule has 0 radical (unpaired) electrons. The van der Waals surface area contributed by atoms with Crippen molar-refractivity contribution >= 4 is 27.5 Å². The van der Waals surface area contributed by atoms with E-state index in [4.69, 9.17) is 16.3 Å². The molecule has 1 fully saturated rings. The lowest BCUT2D eigenvalue weighted by molar-refractivity contribution is 0.0741. The van der Waals surface area contributed by atoms with Crippen LogP contribution < -0.4 is 4.74 Å². The second-order valence-electron chi connectivity index (χ2n) is 7.80. The van der Waals surface area contributed by atoms with E-state index >= 15 is 0 Å². The lowest BCUT2D eigenvalue weighted by Crippen LogP contribution is -2.33. The van der Waals surface area contributed by atoms with Crippen LogP contribution in [0.4, 0.5) is 0 Å². The topological polar surface area (TPSA) is 66.9 Å². The van der Waals surface area contributed by atoms with Crippen LogP contribution in [0.15, 0.2) is 47.4 Å². The predicted molar refractivity (Wildman–Crippen MR) is 122 cm³/mol. The fourth-order valence-electron chi connectivity index (χ4n) is 3.85. The normalized spacial score (nSPS) is 16.4. The summed E-state index contributed by atoms with van der Waals surface area (Å²) >= 11 is 6.28. The van der Waals surface area contributed by atoms with Gasteiger partial charge in [-0.1, -0.05) is 42.6 Å². The number of carbonyl (C=O) groups is 1. The highest BCUT2D eigenvalue weighted by Crippen LogP contribution is 2.31. The number of sulfonamides is 1. The summed E-state index contributed by atoms with van der Waals surface area (Å²) in [6.07, 6.45) is 3.69. The first-order valence-electron chi connectivity index (χ1n) is 10.5. The number of rotatable bonds is 6. The molecular weight excluding hydrogens is 436 g/mol. The Kier molecular flexibility index (Phi) is 7.62. The summed E-state index contributed by atoms with van der Waals surface area (Å²) < 4.78 is 33.4. The van der Waals surface area contributed by atoms with Gasteiger partial charge in [0.15, 0.2) is 0 Å². The molecule has 0 unspecified atom stereocenters. The number of carbonyl (C=O) groups excluding carboxylic acids is 1. The van der Waals surface area contributed by atoms with Gasteiger partial charge in [0.2, 0.25) is 10.0 Å². The van der Waals surface area contributed by atoms with Crippen LogP contribution in [0.1, 0.15) is 54.6 Å². The molecule has 168 valence electrons. The van der Waals surface area contributed by atoms with Gasteiger partial charge >= 0.3 is 0 Å². The Balaban J connectivity index is 1.90. The molecule has 1 saturated heterocycles. The SMILES string of the molecule is COc1ccccc1[C@H](C)N(C)C(=O)c1ccc(Cl)c(S(=O)(=O)N2CCCCCC2)c1. The number of amides is 1. The zero-order valence-electron chi connectivity index (χ0n) is 18.2. The molecule has 0 aromatic heterocycles. The molecule has 31 heavy (non-hydrogen) atoms. The predicted octanol–water partition coefficient (Wildman–Crippen LogP) is 4.75. The van der Waals surface area contributed by atoms with Crippen molar-refractivity contribution in [3.05, 3.63) is 58.6 Å². The molecule has 6 nitrogen and oxygen atoms in total. The summed E-state index contributed by atoms with van der Waals surface area (Å²) in [4.78, 5) is 14.8. The average Bonchev–Trinajstić information content (AvgIpc) is 3.08. The van der Waals surface area contributed by atoms with Gasteiger partial charge in [-0.05, 0) is 44.0 Å². The third-order valence-electron chi connectivity index (χ3n) is 5.85. The number of hydrogen-bond donors (Lipinski definition) is 0. The van der Waals surface area contributed by atoms with Crippen molar-refractivity contribution < 1.29 is 17.9 Å². The van der Waals surface area contributed by atoms with Gasteiger partial charge in [-0.2, -0.15) is 4.31 Å². The van der Waals surface area contributed by atoms with Crippen LogP contribution in [0.2, 0.25) is 5.02 Å². The molecule has 0 aliphatic carbocycles. The Morgan fingerprint density at radius 3 is 2.39 bits per heavy atom. The van der Waals surface area contributed by atoms with Crippen molar-refractivity contribution in [2.75, 3.05) is 27.2 Å². The van der Waals surface area contributed by atoms with Gasteiger partial charge in [-0.3, -0.25) is 4.79 Å². The molecule has 2 aromatic carbocycles. The third-order valence-corrected chi connectivity index (χ3v) is 8.23. The van der Waals surface area contributed by atoms with E-state index in [0.29, 0.717) is 18.8 Å². The molecule has 0 saturated carbocycles. The van der Waals surface area contributed by atoms with E-state index in [1.807, 2.05) is 31.2 Å². The summed E-state index contributed by atoms with van der Waals surface area (Å²) in [7, 11) is -0.489. The van der Waals surface area contributed by atoms with Gasteiger partial charge < -0.3 is 9.64 Å². The second kappa shape index (κ2) is 10.0. The molecule has 0 bridgehead atoms. The maximum absolute atomic E-state index is 13.2. The number of halogens is 1. The Labute approximate surface area is 189 Å². The van der Waals surface area contributed by atoms with Crippen LogP contribution in [-0.2, 0) is 10.0 Å². The number of benzene rings is 2. The lowest BCUT2D eigenvalue weighted by atomic mass is 10.0. The maximum atomic E-state index is 13.2. The lowest BCUT2D eigenvalue weighted by Gasteiger charge is -2.27. The summed E-state index contributed by atoms with van der Waals surface area (Å²) in [5.41, 5.74) is 1.15. The molecule has 1 aliphatic heterocycles. The summed E-state index contributed by atoms with van der Waals surface area (Å²) in [6, 6.07) is 11.7. The van der Waals surface area contributed by atoms with Gasteiger partial charge in [0.25, 0.3) is 5.91 Å². The van der Waals surface area contributed by atoms with Crippen LogP contribution in [0.3, 0.4) is 0 Å². The van der Waals surface area contributed by atoms with Crippen molar-refractivity contribution in [2.24, 2.45) is 0 Å². The number of para-hydroxylation sites is 1. The van der Waals surface area contributed by atoms with Crippen molar-refractivity contribution in [1.29, 1.82) is 0 Å². The van der Waals surface area contributed by atoms with Crippen LogP contribution in [0, 0.1) is 0 Å². The van der Waals surface area contributed by atoms with Crippen molar-refractivity contribution in [3.63, 3.8) is 0 Å². The smallest absolute Gasteiger partial charge is 0.254 e. The maximum Gasteiger partial charge on any atom is 0.254 e. The van der Waals surface area contributed by atoms with Crippen LogP contribution in [0.5, 0.6) is 5.75 Å². The van der Waals surface area contributed by atoms with E-state index < -0.39 is 10.0 Å². The van der Waals surface area contributed by atoms with Gasteiger partial charge in [-0.15, -0.1) is 0 Å². The number of nitrogens with zero attached hydrogens (tertiary/aromatic N) is 2. The summed E-state index contributed by atoms with van der Waals surface area (Å²) in [6.45, 7) is 2.85. The third kappa shape index (κ3) is 5.05. The minimum Gasteiger partial charge on any atom is -0.496 e. The molecule has 0 N–H and O–H groups in total. The first kappa shape index (κ1) is 23.6. The van der Waals surface area contributed by atoms with E-state index in [2.05, 4.69) is 0 Å². The quantitative estimate of drug-likeness (QED) is 0.618. The average molecular weight is 465 g/mol. The number of methoxy groups -OCH3 is 1. The van der Waals surface area contributed by atoms with Crippen molar-refractivity contribution in [3.8, 4) is 5.75 Å². The van der Waals surface area contributed by atoms with E-state index in [0.717, 1.165) is 31.2 Å². The second-order valence-corrected chi connectivity index (χ2v) is 10.1. The molecule has 1 atom stereocenters. The minimum absolute atomic E-state index is 0.0136. The largest absolute Gasteiger partial charge is 0.496 e. The van der Waals surface area contributed by atoms with Crippen molar-refractivity contribution in [2.45, 2.75) is 43.5 Å². The van der Waals surface area contributed by atoms with Gasteiger partial charge in [0.1, 0.15) is 10.6 Å². The minimum atomic E-state index is -3.77. The molecule has 1 heterocycles. The van der Waals surface area contributed by atoms with Gasteiger partial charge in [0.05, 0.1) is 18.2 Å².